The van der Waals surface area contributed by atoms with Crippen LogP contribution in [0.3, 0.4) is 0 Å². The second-order valence-electron chi connectivity index (χ2n) is 3.53. The van der Waals surface area contributed by atoms with Crippen LogP contribution in [-0.4, -0.2) is 28.9 Å². The number of aromatic nitrogens is 1. The maximum absolute atomic E-state index is 12.0. The Balaban J connectivity index is 2.90. The van der Waals surface area contributed by atoms with E-state index in [4.69, 9.17) is 9.68 Å². The second kappa shape index (κ2) is 5.31. The molecule has 86 valence electrons. The fraction of sp³-hybridized carbons (Fsp3) is 0.545. The lowest BCUT2D eigenvalue weighted by atomic mass is 10.3. The van der Waals surface area contributed by atoms with Gasteiger partial charge in [0.15, 0.2) is 5.89 Å². The fourth-order valence-electron chi connectivity index (χ4n) is 1.48. The van der Waals surface area contributed by atoms with Gasteiger partial charge in [0.1, 0.15) is 6.54 Å². The van der Waals surface area contributed by atoms with Crippen molar-refractivity contribution in [2.24, 2.45) is 0 Å². The molecule has 0 aliphatic rings. The van der Waals surface area contributed by atoms with Crippen molar-refractivity contribution in [3.8, 4) is 6.07 Å². The molecule has 0 aromatic carbocycles. The summed E-state index contributed by atoms with van der Waals surface area (Å²) in [5.41, 5.74) is 0.571. The maximum atomic E-state index is 12.0. The third-order valence-corrected chi connectivity index (χ3v) is 2.14. The Morgan fingerprint density at radius 2 is 2.25 bits per heavy atom. The Hall–Kier alpha value is -1.83. The average molecular weight is 221 g/mol. The lowest BCUT2D eigenvalue weighted by molar-refractivity contribution is 0.0742. The summed E-state index contributed by atoms with van der Waals surface area (Å²) in [6.07, 6.45) is 0.805. The molecule has 0 N–H and O–H groups in total. The highest BCUT2D eigenvalue weighted by Crippen LogP contribution is 2.12. The average Bonchev–Trinajstić information content (AvgIpc) is 2.56. The van der Waals surface area contributed by atoms with Crippen LogP contribution in [0.25, 0.3) is 0 Å². The van der Waals surface area contributed by atoms with Crippen molar-refractivity contribution in [2.75, 3.05) is 13.1 Å². The summed E-state index contributed by atoms with van der Waals surface area (Å²) in [7, 11) is 0. The number of rotatable bonds is 4. The van der Waals surface area contributed by atoms with Crippen LogP contribution in [-0.2, 0) is 0 Å². The minimum absolute atomic E-state index is 0.0753. The van der Waals surface area contributed by atoms with Crippen LogP contribution in [0.1, 0.15) is 35.5 Å². The molecule has 16 heavy (non-hydrogen) atoms. The molecule has 1 rings (SSSR count). The van der Waals surface area contributed by atoms with Crippen molar-refractivity contribution < 1.29 is 9.21 Å². The van der Waals surface area contributed by atoms with E-state index in [1.54, 1.807) is 13.8 Å². The zero-order valence-electron chi connectivity index (χ0n) is 9.78. The number of hydrogen-bond donors (Lipinski definition) is 0. The van der Waals surface area contributed by atoms with Crippen molar-refractivity contribution in [3.63, 3.8) is 0 Å². The number of hydrogen-bond acceptors (Lipinski definition) is 4. The molecule has 0 spiro atoms. The molecular formula is C11H15N3O2. The van der Waals surface area contributed by atoms with Gasteiger partial charge in [-0.25, -0.2) is 4.98 Å². The number of carbonyl (C=O) groups excluding carboxylic acids is 1. The molecule has 1 aromatic rings. The minimum atomic E-state index is -0.262. The zero-order valence-corrected chi connectivity index (χ0v) is 9.78. The van der Waals surface area contributed by atoms with Gasteiger partial charge in [-0.15, -0.1) is 0 Å². The lowest BCUT2D eigenvalue weighted by Crippen LogP contribution is -2.32. The molecule has 0 saturated carbocycles. The number of carbonyl (C=O) groups is 1. The number of nitriles is 1. The van der Waals surface area contributed by atoms with Gasteiger partial charge >= 0.3 is 0 Å². The monoisotopic (exact) mass is 221 g/mol. The van der Waals surface area contributed by atoms with Crippen LogP contribution in [0.4, 0.5) is 0 Å². The molecule has 0 unspecified atom stereocenters. The van der Waals surface area contributed by atoms with Crippen LogP contribution in [0, 0.1) is 25.2 Å². The topological polar surface area (TPSA) is 70.1 Å². The standard InChI is InChI=1S/C11H15N3O2/c1-4-6-14(7-5-12)11(15)10-8(2)13-9(3)16-10/h4,6-7H2,1-3H3. The molecule has 5 heteroatoms. The van der Waals surface area contributed by atoms with Crippen molar-refractivity contribution >= 4 is 5.91 Å². The summed E-state index contributed by atoms with van der Waals surface area (Å²) >= 11 is 0. The van der Waals surface area contributed by atoms with E-state index in [9.17, 15) is 4.79 Å². The molecule has 0 aliphatic heterocycles. The van der Waals surface area contributed by atoms with Gasteiger partial charge in [0.25, 0.3) is 5.91 Å². The normalized spacial score (nSPS) is 9.88. The lowest BCUT2D eigenvalue weighted by Gasteiger charge is -2.16. The van der Waals surface area contributed by atoms with Crippen LogP contribution in [0.15, 0.2) is 4.42 Å². The molecule has 1 heterocycles. The van der Waals surface area contributed by atoms with Gasteiger partial charge in [-0.05, 0) is 13.3 Å². The molecule has 0 radical (unpaired) electrons. The molecule has 0 aliphatic carbocycles. The second-order valence-corrected chi connectivity index (χ2v) is 3.53. The maximum Gasteiger partial charge on any atom is 0.292 e. The van der Waals surface area contributed by atoms with Gasteiger partial charge in [0.2, 0.25) is 5.76 Å². The molecule has 0 bridgehead atoms. The number of amides is 1. The number of aryl methyl sites for hydroxylation is 2. The zero-order chi connectivity index (χ0) is 12.1. The Morgan fingerprint density at radius 3 is 2.69 bits per heavy atom. The smallest absolute Gasteiger partial charge is 0.292 e. The van der Waals surface area contributed by atoms with Gasteiger partial charge in [0.05, 0.1) is 11.8 Å². The predicted octanol–water partition coefficient (Wildman–Crippen LogP) is 1.67. The molecule has 0 atom stereocenters. The SMILES string of the molecule is CCCN(CC#N)C(=O)c1oc(C)nc1C. The van der Waals surface area contributed by atoms with Crippen molar-refractivity contribution in [1.29, 1.82) is 5.26 Å². The Morgan fingerprint density at radius 1 is 1.56 bits per heavy atom. The fourth-order valence-corrected chi connectivity index (χ4v) is 1.48. The molecule has 5 nitrogen and oxygen atoms in total. The molecule has 0 fully saturated rings. The summed E-state index contributed by atoms with van der Waals surface area (Å²) in [5, 5.41) is 8.64. The van der Waals surface area contributed by atoms with Gasteiger partial charge in [-0.3, -0.25) is 4.79 Å². The highest BCUT2D eigenvalue weighted by atomic mass is 16.4. The van der Waals surface area contributed by atoms with Crippen molar-refractivity contribution in [1.82, 2.24) is 9.88 Å². The van der Waals surface area contributed by atoms with Crippen LogP contribution in [0.5, 0.6) is 0 Å². The van der Waals surface area contributed by atoms with Crippen molar-refractivity contribution in [3.05, 3.63) is 17.3 Å². The Kier molecular flexibility index (Phi) is 4.06. The van der Waals surface area contributed by atoms with Crippen molar-refractivity contribution in [2.45, 2.75) is 27.2 Å². The van der Waals surface area contributed by atoms with Gasteiger partial charge in [-0.1, -0.05) is 6.92 Å². The van der Waals surface area contributed by atoms with E-state index in [0.29, 0.717) is 18.1 Å². The van der Waals surface area contributed by atoms with E-state index >= 15 is 0 Å². The van der Waals surface area contributed by atoms with Crippen LogP contribution < -0.4 is 0 Å². The van der Waals surface area contributed by atoms with Gasteiger partial charge in [0, 0.05) is 13.5 Å². The van der Waals surface area contributed by atoms with E-state index in [1.807, 2.05) is 13.0 Å². The molecule has 0 saturated heterocycles. The Bertz CT molecular complexity index is 417. The van der Waals surface area contributed by atoms with E-state index < -0.39 is 0 Å². The number of oxazole rings is 1. The third kappa shape index (κ3) is 2.60. The highest BCUT2D eigenvalue weighted by molar-refractivity contribution is 5.92. The quantitative estimate of drug-likeness (QED) is 0.725. The first-order chi connectivity index (χ1) is 7.60. The van der Waals surface area contributed by atoms with Crippen LogP contribution in [0.2, 0.25) is 0 Å². The summed E-state index contributed by atoms with van der Waals surface area (Å²) in [4.78, 5) is 17.5. The first-order valence-corrected chi connectivity index (χ1v) is 5.20. The Labute approximate surface area is 94.7 Å². The van der Waals surface area contributed by atoms with Crippen LogP contribution >= 0.6 is 0 Å². The summed E-state index contributed by atoms with van der Waals surface area (Å²) < 4.78 is 5.24. The van der Waals surface area contributed by atoms with E-state index in [2.05, 4.69) is 4.98 Å². The minimum Gasteiger partial charge on any atom is -0.436 e. The first kappa shape index (κ1) is 12.2. The summed E-state index contributed by atoms with van der Waals surface area (Å²) in [5.74, 6) is 0.442. The van der Waals surface area contributed by atoms with Gasteiger partial charge in [-0.2, -0.15) is 5.26 Å². The van der Waals surface area contributed by atoms with E-state index in [0.717, 1.165) is 6.42 Å². The molecular weight excluding hydrogens is 206 g/mol. The highest BCUT2D eigenvalue weighted by Gasteiger charge is 2.21. The largest absolute Gasteiger partial charge is 0.436 e. The molecule has 1 amide bonds. The van der Waals surface area contributed by atoms with E-state index in [-0.39, 0.29) is 18.2 Å². The number of nitrogens with zero attached hydrogens (tertiary/aromatic N) is 3. The third-order valence-electron chi connectivity index (χ3n) is 2.14. The van der Waals surface area contributed by atoms with Gasteiger partial charge < -0.3 is 9.32 Å². The predicted molar refractivity (Wildman–Crippen MR) is 57.8 cm³/mol. The summed E-state index contributed by atoms with van der Waals surface area (Å²) in [6, 6.07) is 1.97. The molecule has 1 aromatic heterocycles. The first-order valence-electron chi connectivity index (χ1n) is 5.20. The summed E-state index contributed by atoms with van der Waals surface area (Å²) in [6.45, 7) is 5.99. The van der Waals surface area contributed by atoms with E-state index in [1.165, 1.54) is 4.90 Å².